The van der Waals surface area contributed by atoms with E-state index in [0.717, 1.165) is 25.9 Å². The van der Waals surface area contributed by atoms with E-state index in [0.29, 0.717) is 31.0 Å². The van der Waals surface area contributed by atoms with Crippen molar-refractivity contribution in [2.24, 2.45) is 11.7 Å². The molecule has 2 heterocycles. The van der Waals surface area contributed by atoms with Crippen LogP contribution >= 0.6 is 11.3 Å². The van der Waals surface area contributed by atoms with Gasteiger partial charge in [0.25, 0.3) is 5.91 Å². The van der Waals surface area contributed by atoms with Gasteiger partial charge >= 0.3 is 0 Å². The predicted molar refractivity (Wildman–Crippen MR) is 79.6 cm³/mol. The third kappa shape index (κ3) is 4.05. The van der Waals surface area contributed by atoms with Gasteiger partial charge in [-0.15, -0.1) is 0 Å². The molecule has 0 atom stereocenters. The first kappa shape index (κ1) is 15.0. The van der Waals surface area contributed by atoms with E-state index in [1.165, 1.54) is 11.3 Å². The van der Waals surface area contributed by atoms with Gasteiger partial charge in [0.05, 0.1) is 0 Å². The molecule has 20 heavy (non-hydrogen) atoms. The molecule has 1 aliphatic rings. The summed E-state index contributed by atoms with van der Waals surface area (Å²) in [5.41, 5.74) is 6.29. The summed E-state index contributed by atoms with van der Waals surface area (Å²) < 4.78 is 0. The molecule has 110 valence electrons. The zero-order chi connectivity index (χ0) is 14.4. The Morgan fingerprint density at radius 3 is 2.75 bits per heavy atom. The molecule has 2 amide bonds. The molecule has 0 aromatic carbocycles. The number of nitrogens with two attached hydrogens (primary N) is 1. The average Bonchev–Trinajstić information content (AvgIpc) is 3.01. The van der Waals surface area contributed by atoms with E-state index in [1.54, 1.807) is 11.4 Å². The highest BCUT2D eigenvalue weighted by atomic mass is 32.1. The van der Waals surface area contributed by atoms with Crippen molar-refractivity contribution < 1.29 is 9.59 Å². The summed E-state index contributed by atoms with van der Waals surface area (Å²) in [5.74, 6) is 0.560. The van der Waals surface area contributed by atoms with Crippen molar-refractivity contribution in [2.45, 2.75) is 19.3 Å². The van der Waals surface area contributed by atoms with Crippen molar-refractivity contribution >= 4 is 23.2 Å². The maximum absolute atomic E-state index is 12.0. The van der Waals surface area contributed by atoms with Crippen LogP contribution in [0.3, 0.4) is 0 Å². The second kappa shape index (κ2) is 7.40. The molecule has 0 saturated carbocycles. The lowest BCUT2D eigenvalue weighted by Gasteiger charge is -2.31. The molecule has 0 bridgehead atoms. The fraction of sp³-hybridized carbons (Fsp3) is 0.571. The summed E-state index contributed by atoms with van der Waals surface area (Å²) in [5, 5.41) is 6.44. The van der Waals surface area contributed by atoms with Crippen molar-refractivity contribution in [3.05, 3.63) is 22.4 Å². The Morgan fingerprint density at radius 1 is 1.40 bits per heavy atom. The largest absolute Gasteiger partial charge is 0.351 e. The number of carbonyl (C=O) groups excluding carboxylic acids is 2. The maximum atomic E-state index is 12.0. The van der Waals surface area contributed by atoms with E-state index < -0.39 is 0 Å². The van der Waals surface area contributed by atoms with Crippen LogP contribution in [0.4, 0.5) is 0 Å². The number of nitrogens with zero attached hydrogens (tertiary/aromatic N) is 1. The lowest BCUT2D eigenvalue weighted by atomic mass is 9.97. The first-order chi connectivity index (χ1) is 9.70. The molecule has 5 nitrogen and oxygen atoms in total. The Morgan fingerprint density at radius 2 is 2.15 bits per heavy atom. The SMILES string of the molecule is NCC1CCN(C(=O)CCNC(=O)c2ccsc2)CC1. The summed E-state index contributed by atoms with van der Waals surface area (Å²) in [7, 11) is 0. The second-order valence-electron chi connectivity index (χ2n) is 5.08. The molecule has 1 fully saturated rings. The van der Waals surface area contributed by atoms with Crippen LogP contribution in [0.5, 0.6) is 0 Å². The summed E-state index contributed by atoms with van der Waals surface area (Å²) in [4.78, 5) is 25.6. The number of rotatable bonds is 5. The Kier molecular flexibility index (Phi) is 5.55. The summed E-state index contributed by atoms with van der Waals surface area (Å²) >= 11 is 1.49. The number of carbonyl (C=O) groups is 2. The Labute approximate surface area is 123 Å². The fourth-order valence-corrected chi connectivity index (χ4v) is 2.99. The zero-order valence-corrected chi connectivity index (χ0v) is 12.3. The van der Waals surface area contributed by atoms with E-state index in [4.69, 9.17) is 5.73 Å². The minimum Gasteiger partial charge on any atom is -0.351 e. The second-order valence-corrected chi connectivity index (χ2v) is 5.86. The van der Waals surface area contributed by atoms with E-state index in [9.17, 15) is 9.59 Å². The van der Waals surface area contributed by atoms with Gasteiger partial charge in [-0.05, 0) is 36.8 Å². The van der Waals surface area contributed by atoms with E-state index in [1.807, 2.05) is 10.3 Å². The van der Waals surface area contributed by atoms with Gasteiger partial charge in [-0.1, -0.05) is 0 Å². The van der Waals surface area contributed by atoms with Crippen LogP contribution in [-0.2, 0) is 4.79 Å². The van der Waals surface area contributed by atoms with Gasteiger partial charge in [-0.3, -0.25) is 9.59 Å². The maximum Gasteiger partial charge on any atom is 0.252 e. The number of amides is 2. The fourth-order valence-electron chi connectivity index (χ4n) is 2.35. The van der Waals surface area contributed by atoms with E-state index in [-0.39, 0.29) is 11.8 Å². The Balaban J connectivity index is 1.67. The molecule has 1 aromatic heterocycles. The topological polar surface area (TPSA) is 75.4 Å². The van der Waals surface area contributed by atoms with Crippen molar-refractivity contribution in [3.63, 3.8) is 0 Å². The molecule has 1 aromatic rings. The predicted octanol–water partition coefficient (Wildman–Crippen LogP) is 1.07. The quantitative estimate of drug-likeness (QED) is 0.853. The highest BCUT2D eigenvalue weighted by Crippen LogP contribution is 2.16. The minimum atomic E-state index is -0.110. The Bertz CT molecular complexity index is 439. The van der Waals surface area contributed by atoms with Crippen LogP contribution in [-0.4, -0.2) is 42.9 Å². The minimum absolute atomic E-state index is 0.110. The first-order valence-corrected chi connectivity index (χ1v) is 7.93. The lowest BCUT2D eigenvalue weighted by molar-refractivity contribution is -0.132. The molecule has 6 heteroatoms. The third-order valence-corrected chi connectivity index (χ3v) is 4.39. The molecule has 2 rings (SSSR count). The summed E-state index contributed by atoms with van der Waals surface area (Å²) in [6.07, 6.45) is 2.34. The highest BCUT2D eigenvalue weighted by molar-refractivity contribution is 7.08. The lowest BCUT2D eigenvalue weighted by Crippen LogP contribution is -2.41. The monoisotopic (exact) mass is 295 g/mol. The van der Waals surface area contributed by atoms with Crippen LogP contribution in [0.2, 0.25) is 0 Å². The van der Waals surface area contributed by atoms with Crippen LogP contribution in [0.1, 0.15) is 29.6 Å². The summed E-state index contributed by atoms with van der Waals surface area (Å²) in [6, 6.07) is 1.78. The van der Waals surface area contributed by atoms with Gasteiger partial charge in [0.2, 0.25) is 5.91 Å². The first-order valence-electron chi connectivity index (χ1n) is 6.99. The van der Waals surface area contributed by atoms with Crippen molar-refractivity contribution in [2.75, 3.05) is 26.2 Å². The van der Waals surface area contributed by atoms with Crippen molar-refractivity contribution in [1.82, 2.24) is 10.2 Å². The van der Waals surface area contributed by atoms with Crippen LogP contribution in [0.15, 0.2) is 16.8 Å². The number of nitrogens with one attached hydrogen (secondary N) is 1. The van der Waals surface area contributed by atoms with E-state index >= 15 is 0 Å². The molecule has 3 N–H and O–H groups in total. The smallest absolute Gasteiger partial charge is 0.252 e. The number of piperidine rings is 1. The molecule has 1 saturated heterocycles. The Hall–Kier alpha value is -1.40. The van der Waals surface area contributed by atoms with Gasteiger partial charge in [0, 0.05) is 37.0 Å². The van der Waals surface area contributed by atoms with Gasteiger partial charge in [-0.2, -0.15) is 11.3 Å². The zero-order valence-electron chi connectivity index (χ0n) is 11.5. The number of hydrogen-bond donors (Lipinski definition) is 2. The van der Waals surface area contributed by atoms with Gasteiger partial charge in [0.1, 0.15) is 0 Å². The number of likely N-dealkylation sites (tertiary alicyclic amines) is 1. The molecular formula is C14H21N3O2S. The van der Waals surface area contributed by atoms with Crippen molar-refractivity contribution in [3.8, 4) is 0 Å². The van der Waals surface area contributed by atoms with Gasteiger partial charge < -0.3 is 16.0 Å². The normalized spacial score (nSPS) is 16.1. The van der Waals surface area contributed by atoms with Crippen LogP contribution < -0.4 is 11.1 Å². The number of hydrogen-bond acceptors (Lipinski definition) is 4. The molecular weight excluding hydrogens is 274 g/mol. The van der Waals surface area contributed by atoms with Crippen LogP contribution in [0.25, 0.3) is 0 Å². The van der Waals surface area contributed by atoms with Crippen LogP contribution in [0, 0.1) is 5.92 Å². The third-order valence-electron chi connectivity index (χ3n) is 3.71. The van der Waals surface area contributed by atoms with Crippen molar-refractivity contribution in [1.29, 1.82) is 0 Å². The number of thiophene rings is 1. The molecule has 0 unspecified atom stereocenters. The van der Waals surface area contributed by atoms with Gasteiger partial charge in [-0.25, -0.2) is 0 Å². The average molecular weight is 295 g/mol. The molecule has 1 aliphatic heterocycles. The highest BCUT2D eigenvalue weighted by Gasteiger charge is 2.21. The molecule has 0 radical (unpaired) electrons. The molecule has 0 spiro atoms. The molecule has 0 aliphatic carbocycles. The summed E-state index contributed by atoms with van der Waals surface area (Å²) in [6.45, 7) is 2.68. The van der Waals surface area contributed by atoms with E-state index in [2.05, 4.69) is 5.32 Å². The standard InChI is InChI=1S/C14H21N3O2S/c15-9-11-2-6-17(7-3-11)13(18)1-5-16-14(19)12-4-8-20-10-12/h4,8,10-11H,1-3,5-7,9,15H2,(H,16,19). The van der Waals surface area contributed by atoms with Gasteiger partial charge in [0.15, 0.2) is 0 Å².